The van der Waals surface area contributed by atoms with Crippen LogP contribution < -0.4 is 5.32 Å². The number of hydrogen-bond donors (Lipinski definition) is 2. The van der Waals surface area contributed by atoms with Gasteiger partial charge in [0.05, 0.1) is 5.75 Å². The Bertz CT molecular complexity index is 229. The predicted molar refractivity (Wildman–Crippen MR) is 48.4 cm³/mol. The van der Waals surface area contributed by atoms with E-state index in [1.54, 1.807) is 0 Å². The first kappa shape index (κ1) is 12.0. The normalized spacial score (nSPS) is 11.8. The molecule has 0 heterocycles. The van der Waals surface area contributed by atoms with Crippen LogP contribution in [-0.2, 0) is 14.4 Å². The molecule has 0 aromatic carbocycles. The van der Waals surface area contributed by atoms with Crippen LogP contribution in [0, 0.1) is 0 Å². The third-order valence-electron chi connectivity index (χ3n) is 1.15. The zero-order valence-electron chi connectivity index (χ0n) is 7.36. The number of rotatable bonds is 4. The lowest BCUT2D eigenvalue weighted by Gasteiger charge is -2.07. The SMILES string of the molecule is CC(=O)SCC(=O)NC(C)C(=O)O. The third kappa shape index (κ3) is 6.15. The molecule has 0 rings (SSSR count). The monoisotopic (exact) mass is 205 g/mol. The summed E-state index contributed by atoms with van der Waals surface area (Å²) in [5.41, 5.74) is 0. The maximum Gasteiger partial charge on any atom is 0.325 e. The molecule has 0 aromatic rings. The summed E-state index contributed by atoms with van der Waals surface area (Å²) in [4.78, 5) is 31.6. The quantitative estimate of drug-likeness (QED) is 0.667. The van der Waals surface area contributed by atoms with Gasteiger partial charge in [-0.25, -0.2) is 0 Å². The molecule has 0 saturated heterocycles. The maximum absolute atomic E-state index is 10.9. The Morgan fingerprint density at radius 2 is 2.00 bits per heavy atom. The number of thioether (sulfide) groups is 1. The summed E-state index contributed by atoms with van der Waals surface area (Å²) < 4.78 is 0. The van der Waals surface area contributed by atoms with E-state index < -0.39 is 17.9 Å². The van der Waals surface area contributed by atoms with E-state index in [-0.39, 0.29) is 10.9 Å². The summed E-state index contributed by atoms with van der Waals surface area (Å²) in [5.74, 6) is -1.58. The number of carboxylic acid groups (broad SMARTS) is 1. The minimum absolute atomic E-state index is 0.0348. The molecule has 5 nitrogen and oxygen atoms in total. The van der Waals surface area contributed by atoms with Crippen LogP contribution in [0.15, 0.2) is 0 Å². The molecule has 0 aliphatic rings. The largest absolute Gasteiger partial charge is 0.480 e. The second kappa shape index (κ2) is 5.58. The average Bonchev–Trinajstić information content (AvgIpc) is 2.00. The summed E-state index contributed by atoms with van der Waals surface area (Å²) in [6, 6.07) is -0.917. The Hall–Kier alpha value is -1.04. The minimum atomic E-state index is -1.10. The van der Waals surface area contributed by atoms with Crippen LogP contribution in [0.2, 0.25) is 0 Å². The molecule has 6 heteroatoms. The summed E-state index contributed by atoms with van der Waals surface area (Å²) in [5, 5.41) is 10.5. The number of nitrogens with one attached hydrogen (secondary N) is 1. The van der Waals surface area contributed by atoms with Gasteiger partial charge < -0.3 is 10.4 Å². The summed E-state index contributed by atoms with van der Waals surface area (Å²) >= 11 is 0.849. The summed E-state index contributed by atoms with van der Waals surface area (Å²) in [6.45, 7) is 2.71. The lowest BCUT2D eigenvalue weighted by molar-refractivity contribution is -0.140. The van der Waals surface area contributed by atoms with Crippen LogP contribution in [0.3, 0.4) is 0 Å². The van der Waals surface area contributed by atoms with Crippen molar-refractivity contribution in [3.8, 4) is 0 Å². The number of hydrogen-bond acceptors (Lipinski definition) is 4. The van der Waals surface area contributed by atoms with E-state index in [2.05, 4.69) is 5.32 Å². The van der Waals surface area contributed by atoms with Crippen molar-refractivity contribution in [2.75, 3.05) is 5.75 Å². The fraction of sp³-hybridized carbons (Fsp3) is 0.571. The highest BCUT2D eigenvalue weighted by atomic mass is 32.2. The fourth-order valence-corrected chi connectivity index (χ4v) is 0.930. The molecule has 0 spiro atoms. The molecule has 13 heavy (non-hydrogen) atoms. The van der Waals surface area contributed by atoms with Crippen molar-refractivity contribution in [2.24, 2.45) is 0 Å². The van der Waals surface area contributed by atoms with Gasteiger partial charge in [-0.1, -0.05) is 11.8 Å². The van der Waals surface area contributed by atoms with Crippen LogP contribution in [0.4, 0.5) is 0 Å². The van der Waals surface area contributed by atoms with E-state index >= 15 is 0 Å². The molecule has 0 fully saturated rings. The van der Waals surface area contributed by atoms with E-state index in [1.165, 1.54) is 13.8 Å². The lowest BCUT2D eigenvalue weighted by atomic mass is 10.3. The van der Waals surface area contributed by atoms with Crippen LogP contribution in [0.25, 0.3) is 0 Å². The topological polar surface area (TPSA) is 83.5 Å². The summed E-state index contributed by atoms with van der Waals surface area (Å²) in [6.07, 6.45) is 0. The average molecular weight is 205 g/mol. The maximum atomic E-state index is 10.9. The molecule has 2 N–H and O–H groups in total. The van der Waals surface area contributed by atoms with Crippen molar-refractivity contribution in [3.63, 3.8) is 0 Å². The van der Waals surface area contributed by atoms with Gasteiger partial charge in [-0.2, -0.15) is 0 Å². The van der Waals surface area contributed by atoms with E-state index in [0.29, 0.717) is 0 Å². The predicted octanol–water partition coefficient (Wildman–Crippen LogP) is -0.145. The van der Waals surface area contributed by atoms with E-state index in [4.69, 9.17) is 5.11 Å². The van der Waals surface area contributed by atoms with Gasteiger partial charge in [-0.15, -0.1) is 0 Å². The van der Waals surface area contributed by atoms with E-state index in [0.717, 1.165) is 11.8 Å². The number of carbonyl (C=O) groups excluding carboxylic acids is 2. The van der Waals surface area contributed by atoms with Gasteiger partial charge in [0.1, 0.15) is 6.04 Å². The van der Waals surface area contributed by atoms with Crippen LogP contribution in [0.1, 0.15) is 13.8 Å². The molecule has 0 radical (unpaired) electrons. The molecule has 74 valence electrons. The first-order valence-electron chi connectivity index (χ1n) is 3.59. The molecule has 1 amide bonds. The fourth-order valence-electron chi connectivity index (χ4n) is 0.512. The van der Waals surface area contributed by atoms with Gasteiger partial charge in [0.2, 0.25) is 5.91 Å². The van der Waals surface area contributed by atoms with Gasteiger partial charge in [-0.05, 0) is 6.92 Å². The smallest absolute Gasteiger partial charge is 0.325 e. The van der Waals surface area contributed by atoms with Crippen LogP contribution in [-0.4, -0.2) is 33.9 Å². The van der Waals surface area contributed by atoms with Crippen molar-refractivity contribution in [3.05, 3.63) is 0 Å². The van der Waals surface area contributed by atoms with Crippen molar-refractivity contribution >= 4 is 28.8 Å². The second-order valence-electron chi connectivity index (χ2n) is 2.41. The Balaban J connectivity index is 3.74. The first-order chi connectivity index (χ1) is 5.93. The highest BCUT2D eigenvalue weighted by Crippen LogP contribution is 1.99. The second-order valence-corrected chi connectivity index (χ2v) is 3.56. The lowest BCUT2D eigenvalue weighted by Crippen LogP contribution is -2.39. The van der Waals surface area contributed by atoms with E-state index in [1.807, 2.05) is 0 Å². The highest BCUT2D eigenvalue weighted by Gasteiger charge is 2.13. The molecule has 0 saturated carbocycles. The first-order valence-corrected chi connectivity index (χ1v) is 4.57. The van der Waals surface area contributed by atoms with Crippen molar-refractivity contribution in [2.45, 2.75) is 19.9 Å². The molecule has 0 bridgehead atoms. The Kier molecular flexibility index (Phi) is 5.13. The Morgan fingerprint density at radius 1 is 1.46 bits per heavy atom. The van der Waals surface area contributed by atoms with Crippen LogP contribution in [0.5, 0.6) is 0 Å². The molecule has 0 aliphatic carbocycles. The standard InChI is InChI=1S/C7H11NO4S/c1-4(7(11)12)8-6(10)3-13-5(2)9/h4H,3H2,1-2H3,(H,8,10)(H,11,12). The van der Waals surface area contributed by atoms with Gasteiger partial charge in [-0.3, -0.25) is 14.4 Å². The highest BCUT2D eigenvalue weighted by molar-refractivity contribution is 8.14. The van der Waals surface area contributed by atoms with Gasteiger partial charge in [0.15, 0.2) is 5.12 Å². The number of carboxylic acids is 1. The molecular weight excluding hydrogens is 194 g/mol. The Morgan fingerprint density at radius 3 is 2.38 bits per heavy atom. The van der Waals surface area contributed by atoms with E-state index in [9.17, 15) is 14.4 Å². The number of amides is 1. The van der Waals surface area contributed by atoms with Gasteiger partial charge in [0, 0.05) is 6.92 Å². The minimum Gasteiger partial charge on any atom is -0.480 e. The molecule has 0 aromatic heterocycles. The van der Waals surface area contributed by atoms with Crippen molar-refractivity contribution in [1.29, 1.82) is 0 Å². The van der Waals surface area contributed by atoms with Crippen molar-refractivity contribution < 1.29 is 19.5 Å². The molecule has 1 atom stereocenters. The zero-order valence-corrected chi connectivity index (χ0v) is 8.18. The molecule has 1 unspecified atom stereocenters. The Labute approximate surface area is 79.9 Å². The summed E-state index contributed by atoms with van der Waals surface area (Å²) in [7, 11) is 0. The molecule has 0 aliphatic heterocycles. The van der Waals surface area contributed by atoms with Crippen LogP contribution >= 0.6 is 11.8 Å². The zero-order chi connectivity index (χ0) is 10.4. The van der Waals surface area contributed by atoms with Crippen molar-refractivity contribution in [1.82, 2.24) is 5.32 Å². The van der Waals surface area contributed by atoms with Gasteiger partial charge in [0.25, 0.3) is 0 Å². The molecular formula is C7H11NO4S. The number of aliphatic carboxylic acids is 1. The number of carbonyl (C=O) groups is 3. The third-order valence-corrected chi connectivity index (χ3v) is 1.97. The van der Waals surface area contributed by atoms with Gasteiger partial charge >= 0.3 is 5.97 Å².